The standard InChI is InChI=1S/C12H17Cl2N3O2/c1-7(12(18)16-3-4-19-2)17-11-9(13)5-8(15)6-10(11)14/h5-7,17H,3-4,15H2,1-2H3,(H,16,18). The summed E-state index contributed by atoms with van der Waals surface area (Å²) in [6.07, 6.45) is 0. The predicted octanol–water partition coefficient (Wildman–Crippen LogP) is 2.14. The van der Waals surface area contributed by atoms with Crippen LogP contribution in [0.2, 0.25) is 10.0 Å². The number of nitrogens with two attached hydrogens (primary N) is 1. The van der Waals surface area contributed by atoms with Crippen molar-refractivity contribution in [3.05, 3.63) is 22.2 Å². The van der Waals surface area contributed by atoms with Crippen LogP contribution in [-0.4, -0.2) is 32.2 Å². The van der Waals surface area contributed by atoms with Gasteiger partial charge < -0.3 is 21.1 Å². The molecule has 0 saturated heterocycles. The average Bonchev–Trinajstić information content (AvgIpc) is 2.33. The van der Waals surface area contributed by atoms with Crippen molar-refractivity contribution in [1.82, 2.24) is 5.32 Å². The van der Waals surface area contributed by atoms with Crippen LogP contribution >= 0.6 is 23.2 Å². The fourth-order valence-electron chi connectivity index (χ4n) is 1.44. The maximum Gasteiger partial charge on any atom is 0.242 e. The third kappa shape index (κ3) is 4.78. The number of methoxy groups -OCH3 is 1. The highest BCUT2D eigenvalue weighted by molar-refractivity contribution is 6.39. The molecule has 5 nitrogen and oxygen atoms in total. The molecule has 4 N–H and O–H groups in total. The lowest BCUT2D eigenvalue weighted by atomic mass is 10.2. The van der Waals surface area contributed by atoms with Crippen LogP contribution in [0.25, 0.3) is 0 Å². The van der Waals surface area contributed by atoms with Crippen molar-refractivity contribution >= 4 is 40.5 Å². The first-order valence-corrected chi connectivity index (χ1v) is 6.49. The van der Waals surface area contributed by atoms with Gasteiger partial charge in [-0.15, -0.1) is 0 Å². The fraction of sp³-hybridized carbons (Fsp3) is 0.417. The molecule has 1 unspecified atom stereocenters. The van der Waals surface area contributed by atoms with Gasteiger partial charge in [0.1, 0.15) is 6.04 Å². The Labute approximate surface area is 122 Å². The van der Waals surface area contributed by atoms with E-state index in [1.165, 1.54) is 0 Å². The predicted molar refractivity (Wildman–Crippen MR) is 78.8 cm³/mol. The summed E-state index contributed by atoms with van der Waals surface area (Å²) in [6, 6.07) is 2.67. The Morgan fingerprint density at radius 1 is 1.42 bits per heavy atom. The number of amides is 1. The van der Waals surface area contributed by atoms with E-state index in [4.69, 9.17) is 33.7 Å². The summed E-state index contributed by atoms with van der Waals surface area (Å²) in [7, 11) is 1.57. The first kappa shape index (κ1) is 15.9. The number of halogens is 2. The Balaban J connectivity index is 2.66. The highest BCUT2D eigenvalue weighted by Crippen LogP contribution is 2.33. The molecule has 1 amide bonds. The lowest BCUT2D eigenvalue weighted by molar-refractivity contribution is -0.121. The van der Waals surface area contributed by atoms with Crippen LogP contribution in [0.15, 0.2) is 12.1 Å². The molecular formula is C12H17Cl2N3O2. The number of benzene rings is 1. The molecule has 19 heavy (non-hydrogen) atoms. The smallest absolute Gasteiger partial charge is 0.242 e. The molecule has 7 heteroatoms. The number of hydrogen-bond acceptors (Lipinski definition) is 4. The molecule has 0 radical (unpaired) electrons. The van der Waals surface area contributed by atoms with E-state index in [1.807, 2.05) is 0 Å². The molecule has 1 aromatic rings. The molecule has 0 aromatic heterocycles. The van der Waals surface area contributed by atoms with Gasteiger partial charge in [-0.3, -0.25) is 4.79 Å². The van der Waals surface area contributed by atoms with E-state index in [0.29, 0.717) is 34.6 Å². The second-order valence-corrected chi connectivity index (χ2v) is 4.82. The SMILES string of the molecule is COCCNC(=O)C(C)Nc1c(Cl)cc(N)cc1Cl. The van der Waals surface area contributed by atoms with Crippen molar-refractivity contribution in [2.75, 3.05) is 31.3 Å². The Kier molecular flexibility index (Phi) is 6.21. The number of carbonyl (C=O) groups is 1. The maximum atomic E-state index is 11.8. The van der Waals surface area contributed by atoms with Crippen LogP contribution in [0, 0.1) is 0 Å². The van der Waals surface area contributed by atoms with Crippen LogP contribution in [-0.2, 0) is 9.53 Å². The zero-order valence-electron chi connectivity index (χ0n) is 10.8. The van der Waals surface area contributed by atoms with Gasteiger partial charge in [0.15, 0.2) is 0 Å². The van der Waals surface area contributed by atoms with E-state index >= 15 is 0 Å². The van der Waals surface area contributed by atoms with E-state index in [1.54, 1.807) is 26.2 Å². The highest BCUT2D eigenvalue weighted by atomic mass is 35.5. The summed E-state index contributed by atoms with van der Waals surface area (Å²) in [4.78, 5) is 11.8. The van der Waals surface area contributed by atoms with E-state index in [9.17, 15) is 4.79 Å². The fourth-order valence-corrected chi connectivity index (χ4v) is 2.06. The molecule has 1 aromatic carbocycles. The lowest BCUT2D eigenvalue weighted by Crippen LogP contribution is -2.39. The second kappa shape index (κ2) is 7.43. The van der Waals surface area contributed by atoms with Gasteiger partial charge >= 0.3 is 0 Å². The largest absolute Gasteiger partial charge is 0.399 e. The molecular weight excluding hydrogens is 289 g/mol. The summed E-state index contributed by atoms with van der Waals surface area (Å²) in [5.74, 6) is -0.166. The minimum absolute atomic E-state index is 0.166. The first-order chi connectivity index (χ1) is 8.95. The van der Waals surface area contributed by atoms with E-state index in [-0.39, 0.29) is 5.91 Å². The third-order valence-corrected chi connectivity index (χ3v) is 3.02. The molecule has 1 rings (SSSR count). The summed E-state index contributed by atoms with van der Waals surface area (Å²) in [5.41, 5.74) is 6.57. The molecule has 0 saturated carbocycles. The van der Waals surface area contributed by atoms with Crippen molar-refractivity contribution in [3.8, 4) is 0 Å². The Hall–Kier alpha value is -1.17. The van der Waals surface area contributed by atoms with E-state index < -0.39 is 6.04 Å². The molecule has 0 aliphatic carbocycles. The quantitative estimate of drug-likeness (QED) is 0.556. The van der Waals surface area contributed by atoms with E-state index in [0.717, 1.165) is 0 Å². The van der Waals surface area contributed by atoms with E-state index in [2.05, 4.69) is 10.6 Å². The minimum atomic E-state index is -0.476. The van der Waals surface area contributed by atoms with Gasteiger partial charge in [-0.1, -0.05) is 23.2 Å². The van der Waals surface area contributed by atoms with Crippen LogP contribution in [0.5, 0.6) is 0 Å². The summed E-state index contributed by atoms with van der Waals surface area (Å²) < 4.78 is 4.85. The topological polar surface area (TPSA) is 76.4 Å². The number of hydrogen-bond donors (Lipinski definition) is 3. The molecule has 0 bridgehead atoms. The number of nitrogens with one attached hydrogen (secondary N) is 2. The molecule has 106 valence electrons. The zero-order chi connectivity index (χ0) is 14.4. The zero-order valence-corrected chi connectivity index (χ0v) is 12.3. The third-order valence-electron chi connectivity index (χ3n) is 2.42. The second-order valence-electron chi connectivity index (χ2n) is 4.01. The summed E-state index contributed by atoms with van der Waals surface area (Å²) in [6.45, 7) is 2.62. The molecule has 0 aliphatic heterocycles. The van der Waals surface area contributed by atoms with Gasteiger partial charge in [0, 0.05) is 19.3 Å². The monoisotopic (exact) mass is 305 g/mol. The minimum Gasteiger partial charge on any atom is -0.399 e. The molecule has 1 atom stereocenters. The molecule has 0 aliphatic rings. The van der Waals surface area contributed by atoms with Crippen molar-refractivity contribution in [1.29, 1.82) is 0 Å². The Morgan fingerprint density at radius 2 is 2.00 bits per heavy atom. The highest BCUT2D eigenvalue weighted by Gasteiger charge is 2.15. The Bertz CT molecular complexity index is 432. The number of carbonyl (C=O) groups excluding carboxylic acids is 1. The molecule has 0 fully saturated rings. The first-order valence-electron chi connectivity index (χ1n) is 5.73. The van der Waals surface area contributed by atoms with Crippen LogP contribution in [0.3, 0.4) is 0 Å². The number of anilines is 2. The number of nitrogen functional groups attached to an aromatic ring is 1. The Morgan fingerprint density at radius 3 is 2.53 bits per heavy atom. The van der Waals surface area contributed by atoms with Crippen LogP contribution in [0.1, 0.15) is 6.92 Å². The van der Waals surface area contributed by atoms with Gasteiger partial charge in [-0.25, -0.2) is 0 Å². The maximum absolute atomic E-state index is 11.8. The van der Waals surface area contributed by atoms with Crippen molar-refractivity contribution in [2.45, 2.75) is 13.0 Å². The molecule has 0 spiro atoms. The molecule has 0 heterocycles. The van der Waals surface area contributed by atoms with Crippen molar-refractivity contribution in [2.24, 2.45) is 0 Å². The van der Waals surface area contributed by atoms with Crippen molar-refractivity contribution in [3.63, 3.8) is 0 Å². The summed E-state index contributed by atoms with van der Waals surface area (Å²) in [5, 5.41) is 6.43. The van der Waals surface area contributed by atoms with Gasteiger partial charge in [-0.05, 0) is 19.1 Å². The van der Waals surface area contributed by atoms with Gasteiger partial charge in [0.25, 0.3) is 0 Å². The van der Waals surface area contributed by atoms with Crippen LogP contribution < -0.4 is 16.4 Å². The number of rotatable bonds is 6. The lowest BCUT2D eigenvalue weighted by Gasteiger charge is -2.17. The number of ether oxygens (including phenoxy) is 1. The van der Waals surface area contributed by atoms with Gasteiger partial charge in [-0.2, -0.15) is 0 Å². The average molecular weight is 306 g/mol. The van der Waals surface area contributed by atoms with Gasteiger partial charge in [0.2, 0.25) is 5.91 Å². The normalized spacial score (nSPS) is 12.0. The van der Waals surface area contributed by atoms with Crippen LogP contribution in [0.4, 0.5) is 11.4 Å². The van der Waals surface area contributed by atoms with Gasteiger partial charge in [0.05, 0.1) is 22.3 Å². The summed E-state index contributed by atoms with van der Waals surface area (Å²) >= 11 is 12.1. The van der Waals surface area contributed by atoms with Crippen molar-refractivity contribution < 1.29 is 9.53 Å².